The second kappa shape index (κ2) is 12.2. The van der Waals surface area contributed by atoms with Gasteiger partial charge in [0.25, 0.3) is 11.8 Å². The molecule has 6 atom stereocenters. The zero-order chi connectivity index (χ0) is 29.2. The van der Waals surface area contributed by atoms with Gasteiger partial charge in [0.1, 0.15) is 24.4 Å². The molecule has 2 fully saturated rings. The number of benzene rings is 4. The summed E-state index contributed by atoms with van der Waals surface area (Å²) >= 11 is 0. The van der Waals surface area contributed by atoms with Crippen LogP contribution < -0.4 is 0 Å². The van der Waals surface area contributed by atoms with Crippen LogP contribution in [-0.4, -0.2) is 54.0 Å². The van der Waals surface area contributed by atoms with Gasteiger partial charge >= 0.3 is 0 Å². The van der Waals surface area contributed by atoms with Crippen LogP contribution in [0.15, 0.2) is 115 Å². The molecule has 4 aromatic rings. The average molecular weight is 578 g/mol. The van der Waals surface area contributed by atoms with Gasteiger partial charge in [-0.2, -0.15) is 0 Å². The molecule has 4 aromatic carbocycles. The van der Waals surface area contributed by atoms with Crippen molar-refractivity contribution in [3.8, 4) is 0 Å². The summed E-state index contributed by atoms with van der Waals surface area (Å²) in [5.74, 6) is -0.832. The van der Waals surface area contributed by atoms with Gasteiger partial charge in [-0.1, -0.05) is 103 Å². The number of amides is 2. The van der Waals surface area contributed by atoms with Crippen molar-refractivity contribution in [2.45, 2.75) is 50.1 Å². The molecule has 0 saturated carbocycles. The van der Waals surface area contributed by atoms with Gasteiger partial charge in [-0.15, -0.1) is 0 Å². The third kappa shape index (κ3) is 5.51. The molecule has 0 aliphatic carbocycles. The lowest BCUT2D eigenvalue weighted by Crippen LogP contribution is -2.68. The third-order valence-corrected chi connectivity index (χ3v) is 8.04. The van der Waals surface area contributed by atoms with Crippen LogP contribution in [0.2, 0.25) is 0 Å². The monoisotopic (exact) mass is 577 g/mol. The van der Waals surface area contributed by atoms with Crippen molar-refractivity contribution < 1.29 is 33.3 Å². The van der Waals surface area contributed by atoms with Crippen LogP contribution in [0.4, 0.5) is 0 Å². The van der Waals surface area contributed by atoms with E-state index in [1.54, 1.807) is 24.3 Å². The molecule has 7 rings (SSSR count). The lowest BCUT2D eigenvalue weighted by molar-refractivity contribution is -0.355. The first-order valence-corrected chi connectivity index (χ1v) is 14.4. The Kier molecular flexibility index (Phi) is 7.84. The van der Waals surface area contributed by atoms with E-state index in [0.29, 0.717) is 11.1 Å². The first kappa shape index (κ1) is 27.6. The largest absolute Gasteiger partial charge is 0.368 e. The number of nitrogens with zero attached hydrogens (tertiary/aromatic N) is 1. The van der Waals surface area contributed by atoms with Crippen molar-refractivity contribution in [1.29, 1.82) is 0 Å². The van der Waals surface area contributed by atoms with Crippen molar-refractivity contribution >= 4 is 11.8 Å². The van der Waals surface area contributed by atoms with Gasteiger partial charge in [-0.05, 0) is 23.3 Å². The van der Waals surface area contributed by atoms with E-state index in [4.69, 9.17) is 23.7 Å². The minimum atomic E-state index is -0.995. The molecule has 2 saturated heterocycles. The summed E-state index contributed by atoms with van der Waals surface area (Å²) in [7, 11) is 0. The van der Waals surface area contributed by atoms with Crippen molar-refractivity contribution in [1.82, 2.24) is 4.90 Å². The minimum Gasteiger partial charge on any atom is -0.368 e. The van der Waals surface area contributed by atoms with E-state index in [2.05, 4.69) is 0 Å². The number of ether oxygens (including phenoxy) is 5. The zero-order valence-electron chi connectivity index (χ0n) is 23.4. The van der Waals surface area contributed by atoms with E-state index in [-0.39, 0.29) is 19.8 Å². The van der Waals surface area contributed by atoms with Gasteiger partial charge in [-0.3, -0.25) is 14.5 Å². The van der Waals surface area contributed by atoms with Crippen LogP contribution in [0.25, 0.3) is 0 Å². The second-order valence-corrected chi connectivity index (χ2v) is 10.8. The first-order valence-electron chi connectivity index (χ1n) is 14.4. The van der Waals surface area contributed by atoms with Crippen LogP contribution in [0.1, 0.15) is 43.7 Å². The Morgan fingerprint density at radius 1 is 0.651 bits per heavy atom. The first-order chi connectivity index (χ1) is 21.2. The molecule has 3 aliphatic heterocycles. The van der Waals surface area contributed by atoms with Gasteiger partial charge in [0.2, 0.25) is 0 Å². The molecule has 0 aromatic heterocycles. The van der Waals surface area contributed by atoms with Gasteiger partial charge < -0.3 is 23.7 Å². The summed E-state index contributed by atoms with van der Waals surface area (Å²) in [5.41, 5.74) is 3.40. The fraction of sp³-hybridized carbons (Fsp3) is 0.257. The SMILES string of the molecule is O=C1c2ccccc2C(=O)N1[C@@H]1[C@H](OCc2ccccc2)O[C@H]2CO[C@@H](c3ccccc3)O[C@H]2[C@@H]1OCc1ccccc1. The highest BCUT2D eigenvalue weighted by molar-refractivity contribution is 6.21. The van der Waals surface area contributed by atoms with Crippen LogP contribution in [0.5, 0.6) is 0 Å². The second-order valence-electron chi connectivity index (χ2n) is 10.8. The number of carbonyl (C=O) groups excluding carboxylic acids is 2. The summed E-state index contributed by atoms with van der Waals surface area (Å²) in [6.45, 7) is 0.664. The quantitative estimate of drug-likeness (QED) is 0.263. The fourth-order valence-electron chi connectivity index (χ4n) is 5.94. The number of carbonyl (C=O) groups is 2. The maximum atomic E-state index is 13.9. The molecule has 8 heteroatoms. The maximum Gasteiger partial charge on any atom is 0.262 e. The Hall–Kier alpha value is -4.18. The molecule has 0 spiro atoms. The molecule has 3 heterocycles. The van der Waals surface area contributed by atoms with E-state index >= 15 is 0 Å². The highest BCUT2D eigenvalue weighted by atomic mass is 16.7. The number of fused-ring (bicyclic) bond motifs is 2. The molecule has 0 radical (unpaired) electrons. The highest BCUT2D eigenvalue weighted by Crippen LogP contribution is 2.40. The number of hydrogen-bond acceptors (Lipinski definition) is 7. The minimum absolute atomic E-state index is 0.211. The van der Waals surface area contributed by atoms with Crippen LogP contribution in [-0.2, 0) is 36.9 Å². The lowest BCUT2D eigenvalue weighted by atomic mass is 9.94. The molecule has 0 bridgehead atoms. The molecule has 43 heavy (non-hydrogen) atoms. The average Bonchev–Trinajstić information content (AvgIpc) is 3.32. The van der Waals surface area contributed by atoms with Crippen molar-refractivity contribution in [3.05, 3.63) is 143 Å². The van der Waals surface area contributed by atoms with Crippen molar-refractivity contribution in [2.75, 3.05) is 6.61 Å². The van der Waals surface area contributed by atoms with E-state index in [1.807, 2.05) is 91.0 Å². The molecular weight excluding hydrogens is 546 g/mol. The zero-order valence-corrected chi connectivity index (χ0v) is 23.4. The number of hydrogen-bond donors (Lipinski definition) is 0. The van der Waals surface area contributed by atoms with Gasteiger partial charge in [0.05, 0.1) is 30.9 Å². The van der Waals surface area contributed by atoms with E-state index in [1.165, 1.54) is 4.90 Å². The van der Waals surface area contributed by atoms with E-state index in [0.717, 1.165) is 16.7 Å². The highest BCUT2D eigenvalue weighted by Gasteiger charge is 2.57. The van der Waals surface area contributed by atoms with Gasteiger partial charge in [0.15, 0.2) is 12.6 Å². The molecule has 8 nitrogen and oxygen atoms in total. The molecule has 3 aliphatic rings. The Morgan fingerprint density at radius 3 is 1.79 bits per heavy atom. The van der Waals surface area contributed by atoms with Crippen molar-refractivity contribution in [2.24, 2.45) is 0 Å². The molecule has 0 unspecified atom stereocenters. The Morgan fingerprint density at radius 2 is 1.19 bits per heavy atom. The summed E-state index contributed by atoms with van der Waals surface area (Å²) in [6.07, 6.45) is -3.66. The summed E-state index contributed by atoms with van der Waals surface area (Å²) in [4.78, 5) is 29.0. The molecule has 218 valence electrons. The van der Waals surface area contributed by atoms with E-state index in [9.17, 15) is 9.59 Å². The summed E-state index contributed by atoms with van der Waals surface area (Å²) in [6, 6.07) is 35.0. The smallest absolute Gasteiger partial charge is 0.262 e. The van der Waals surface area contributed by atoms with Crippen LogP contribution >= 0.6 is 0 Å². The van der Waals surface area contributed by atoms with E-state index < -0.39 is 48.7 Å². The van der Waals surface area contributed by atoms with Crippen LogP contribution in [0, 0.1) is 0 Å². The third-order valence-electron chi connectivity index (χ3n) is 8.04. The van der Waals surface area contributed by atoms with Crippen LogP contribution in [0.3, 0.4) is 0 Å². The van der Waals surface area contributed by atoms with Gasteiger partial charge in [0, 0.05) is 5.56 Å². The molecule has 0 N–H and O–H groups in total. The molecule has 2 amide bonds. The number of imide groups is 1. The van der Waals surface area contributed by atoms with Gasteiger partial charge in [-0.25, -0.2) is 0 Å². The Labute approximate surface area is 249 Å². The Bertz CT molecular complexity index is 1530. The summed E-state index contributed by atoms with van der Waals surface area (Å²) < 4.78 is 32.2. The predicted molar refractivity (Wildman–Crippen MR) is 156 cm³/mol. The molecular formula is C35H31NO7. The maximum absolute atomic E-state index is 13.9. The fourth-order valence-corrected chi connectivity index (χ4v) is 5.94. The van der Waals surface area contributed by atoms with Crippen molar-refractivity contribution in [3.63, 3.8) is 0 Å². The summed E-state index contributed by atoms with van der Waals surface area (Å²) in [5, 5.41) is 0. The predicted octanol–water partition coefficient (Wildman–Crippen LogP) is 5.29. The Balaban J connectivity index is 1.26. The topological polar surface area (TPSA) is 83.5 Å². The number of rotatable bonds is 8. The standard InChI is InChI=1S/C35H31NO7/c37-32-26-18-10-11-19-27(26)33(38)36(32)29-31(39-20-23-12-4-1-5-13-23)30-28(22-41-34(43-30)25-16-8-3-9-17-25)42-35(29)40-21-24-14-6-2-7-15-24/h1-19,28-31,34-35H,20-22H2/t28-,29-,30+,31+,34+,35+/m0/s1. The lowest BCUT2D eigenvalue weighted by Gasteiger charge is -2.50. The normalized spacial score (nSPS) is 26.7.